The van der Waals surface area contributed by atoms with E-state index >= 15 is 0 Å². The average Bonchev–Trinajstić information content (AvgIpc) is 3.12. The predicted octanol–water partition coefficient (Wildman–Crippen LogP) is 2.36. The van der Waals surface area contributed by atoms with Crippen molar-refractivity contribution in [1.82, 2.24) is 10.2 Å². The quantitative estimate of drug-likeness (QED) is 0.880. The van der Waals surface area contributed by atoms with Crippen LogP contribution in [0.5, 0.6) is 0 Å². The summed E-state index contributed by atoms with van der Waals surface area (Å²) in [6.45, 7) is 0. The minimum Gasteiger partial charge on any atom is -0.357 e. The second-order valence-electron chi connectivity index (χ2n) is 6.79. The standard InChI is InChI=1S/C21H20N4O2/c1-22-21-23-17-14-9-4-5-10-15(14)19(26)16(18(17)24-21)12-7-6-8-13(11-12)20(27)25(2)3/h6-11H,4-5H2,1-3H3,(H,22,24). The van der Waals surface area contributed by atoms with Gasteiger partial charge in [-0.15, -0.1) is 0 Å². The number of hydrogen-bond donors (Lipinski definition) is 1. The molecule has 0 aromatic heterocycles. The monoisotopic (exact) mass is 360 g/mol. The summed E-state index contributed by atoms with van der Waals surface area (Å²) in [4.78, 5) is 36.3. The summed E-state index contributed by atoms with van der Waals surface area (Å²) in [6, 6.07) is 7.14. The van der Waals surface area contributed by atoms with Crippen molar-refractivity contribution in [1.29, 1.82) is 0 Å². The van der Waals surface area contributed by atoms with Crippen LogP contribution in [-0.2, 0) is 4.79 Å². The van der Waals surface area contributed by atoms with E-state index in [0.29, 0.717) is 33.9 Å². The summed E-state index contributed by atoms with van der Waals surface area (Å²) in [5.41, 5.74) is 4.55. The maximum atomic E-state index is 13.3. The summed E-state index contributed by atoms with van der Waals surface area (Å²) >= 11 is 0. The van der Waals surface area contributed by atoms with Gasteiger partial charge in [0.2, 0.25) is 5.96 Å². The van der Waals surface area contributed by atoms with Crippen LogP contribution in [0.25, 0.3) is 5.57 Å². The molecule has 0 atom stereocenters. The van der Waals surface area contributed by atoms with Crippen LogP contribution in [0.4, 0.5) is 0 Å². The van der Waals surface area contributed by atoms with E-state index in [1.54, 1.807) is 39.3 Å². The molecule has 136 valence electrons. The maximum Gasteiger partial charge on any atom is 0.253 e. The first-order valence-corrected chi connectivity index (χ1v) is 8.89. The Balaban J connectivity index is 1.92. The lowest BCUT2D eigenvalue weighted by Gasteiger charge is -2.24. The molecular weight excluding hydrogens is 340 g/mol. The number of benzene rings is 1. The third-order valence-electron chi connectivity index (χ3n) is 4.81. The van der Waals surface area contributed by atoms with Gasteiger partial charge in [-0.2, -0.15) is 0 Å². The number of allylic oxidation sites excluding steroid dienone is 5. The van der Waals surface area contributed by atoms with Crippen LogP contribution in [0.3, 0.4) is 0 Å². The topological polar surface area (TPSA) is 74.1 Å². The second kappa shape index (κ2) is 6.46. The Morgan fingerprint density at radius 3 is 2.56 bits per heavy atom. The van der Waals surface area contributed by atoms with Gasteiger partial charge in [-0.05, 0) is 30.5 Å². The third kappa shape index (κ3) is 2.73. The highest BCUT2D eigenvalue weighted by atomic mass is 16.2. The Bertz CT molecular complexity index is 1020. The molecule has 0 spiro atoms. The van der Waals surface area contributed by atoms with Crippen molar-refractivity contribution in [2.45, 2.75) is 12.8 Å². The molecule has 0 saturated carbocycles. The molecule has 4 rings (SSSR count). The molecule has 1 aliphatic heterocycles. The Labute approximate surface area is 157 Å². The van der Waals surface area contributed by atoms with Crippen molar-refractivity contribution in [2.75, 3.05) is 21.1 Å². The zero-order chi connectivity index (χ0) is 19.1. The van der Waals surface area contributed by atoms with E-state index in [1.807, 2.05) is 12.1 Å². The molecule has 1 amide bonds. The molecule has 3 aliphatic rings. The van der Waals surface area contributed by atoms with Crippen LogP contribution in [0.1, 0.15) is 28.8 Å². The molecular formula is C21H20N4O2. The number of guanidine groups is 1. The Morgan fingerprint density at radius 1 is 1.11 bits per heavy atom. The zero-order valence-corrected chi connectivity index (χ0v) is 15.5. The number of ketones is 1. The fourth-order valence-corrected chi connectivity index (χ4v) is 3.51. The van der Waals surface area contributed by atoms with Crippen LogP contribution in [0, 0.1) is 0 Å². The Kier molecular flexibility index (Phi) is 4.11. The largest absolute Gasteiger partial charge is 0.357 e. The number of nitrogens with one attached hydrogen (secondary N) is 1. The van der Waals surface area contributed by atoms with Crippen LogP contribution < -0.4 is 5.32 Å². The summed E-state index contributed by atoms with van der Waals surface area (Å²) in [5.74, 6) is 0.312. The van der Waals surface area contributed by atoms with Gasteiger partial charge in [-0.3, -0.25) is 9.59 Å². The summed E-state index contributed by atoms with van der Waals surface area (Å²) in [5, 5.41) is 2.96. The molecule has 1 aromatic rings. The lowest BCUT2D eigenvalue weighted by atomic mass is 9.79. The van der Waals surface area contributed by atoms with Crippen LogP contribution in [-0.4, -0.2) is 49.4 Å². The summed E-state index contributed by atoms with van der Waals surface area (Å²) in [6.07, 6.45) is 5.75. The van der Waals surface area contributed by atoms with E-state index < -0.39 is 0 Å². The molecule has 6 nitrogen and oxygen atoms in total. The van der Waals surface area contributed by atoms with Gasteiger partial charge < -0.3 is 10.2 Å². The third-order valence-corrected chi connectivity index (χ3v) is 4.81. The second-order valence-corrected chi connectivity index (χ2v) is 6.79. The Hall–Kier alpha value is -3.28. The number of carbonyl (C=O) groups excluding carboxylic acids is 2. The van der Waals surface area contributed by atoms with Gasteiger partial charge in [0.15, 0.2) is 5.78 Å². The van der Waals surface area contributed by atoms with Gasteiger partial charge in [0.05, 0.1) is 5.57 Å². The van der Waals surface area contributed by atoms with Crippen molar-refractivity contribution in [3.63, 3.8) is 0 Å². The van der Waals surface area contributed by atoms with Crippen LogP contribution in [0.15, 0.2) is 63.2 Å². The van der Waals surface area contributed by atoms with Crippen molar-refractivity contribution in [2.24, 2.45) is 9.98 Å². The fraction of sp³-hybridized carbons (Fsp3) is 0.238. The first-order chi connectivity index (χ1) is 13.0. The molecule has 1 heterocycles. The number of Topliss-reactive ketones (excluding diaryl/α,β-unsaturated/α-hetero) is 1. The lowest BCUT2D eigenvalue weighted by Crippen LogP contribution is -2.24. The Morgan fingerprint density at radius 2 is 1.85 bits per heavy atom. The SMILES string of the molecule is CNC1=NC2=C(c3cccc(C(=O)N(C)C)c3)C(=O)C3=CCCC=C3C2=N1. The van der Waals surface area contributed by atoms with Gasteiger partial charge in [0.1, 0.15) is 11.4 Å². The highest BCUT2D eigenvalue weighted by molar-refractivity contribution is 6.45. The number of aliphatic imine (C=N–C) groups is 2. The van der Waals surface area contributed by atoms with E-state index in [9.17, 15) is 9.59 Å². The minimum absolute atomic E-state index is 0.0644. The van der Waals surface area contributed by atoms with Crippen molar-refractivity contribution in [3.8, 4) is 0 Å². The molecule has 0 fully saturated rings. The number of nitrogens with zero attached hydrogens (tertiary/aromatic N) is 3. The summed E-state index contributed by atoms with van der Waals surface area (Å²) in [7, 11) is 5.17. The van der Waals surface area contributed by atoms with Gasteiger partial charge >= 0.3 is 0 Å². The van der Waals surface area contributed by atoms with Crippen LogP contribution in [0.2, 0.25) is 0 Å². The van der Waals surface area contributed by atoms with Crippen molar-refractivity contribution < 1.29 is 9.59 Å². The molecule has 27 heavy (non-hydrogen) atoms. The number of fused-ring (bicyclic) bond motifs is 3. The van der Waals surface area contributed by atoms with Crippen molar-refractivity contribution in [3.05, 3.63) is 64.4 Å². The first-order valence-electron chi connectivity index (χ1n) is 8.89. The van der Waals surface area contributed by atoms with Crippen molar-refractivity contribution >= 4 is 28.9 Å². The minimum atomic E-state index is -0.108. The van der Waals surface area contributed by atoms with Gasteiger partial charge in [-0.1, -0.05) is 24.3 Å². The number of amides is 1. The molecule has 0 unspecified atom stereocenters. The molecule has 6 heteroatoms. The molecule has 0 bridgehead atoms. The van der Waals surface area contributed by atoms with E-state index in [1.165, 1.54) is 4.90 Å². The lowest BCUT2D eigenvalue weighted by molar-refractivity contribution is -0.110. The molecule has 0 saturated heterocycles. The number of hydrogen-bond acceptors (Lipinski definition) is 5. The highest BCUT2D eigenvalue weighted by Gasteiger charge is 2.37. The van der Waals surface area contributed by atoms with E-state index in [0.717, 1.165) is 24.1 Å². The zero-order valence-electron chi connectivity index (χ0n) is 15.5. The highest BCUT2D eigenvalue weighted by Crippen LogP contribution is 2.39. The smallest absolute Gasteiger partial charge is 0.253 e. The van der Waals surface area contributed by atoms with Gasteiger partial charge in [-0.25, -0.2) is 9.98 Å². The van der Waals surface area contributed by atoms with Gasteiger partial charge in [0.25, 0.3) is 5.91 Å². The first kappa shape index (κ1) is 17.1. The van der Waals surface area contributed by atoms with E-state index in [4.69, 9.17) is 0 Å². The van der Waals surface area contributed by atoms with Crippen LogP contribution >= 0.6 is 0 Å². The number of rotatable bonds is 2. The normalized spacial score (nSPS) is 18.1. The van der Waals surface area contributed by atoms with Gasteiger partial charge in [0, 0.05) is 37.9 Å². The summed E-state index contributed by atoms with van der Waals surface area (Å²) < 4.78 is 0. The molecule has 1 aromatic carbocycles. The molecule has 0 radical (unpaired) electrons. The average molecular weight is 360 g/mol. The van der Waals surface area contributed by atoms with E-state index in [-0.39, 0.29) is 11.7 Å². The molecule has 2 aliphatic carbocycles. The molecule has 1 N–H and O–H groups in total. The van der Waals surface area contributed by atoms with E-state index in [2.05, 4.69) is 21.4 Å². The predicted molar refractivity (Wildman–Crippen MR) is 106 cm³/mol. The fourth-order valence-electron chi connectivity index (χ4n) is 3.51. The maximum absolute atomic E-state index is 13.3. The number of carbonyl (C=O) groups is 2.